The van der Waals surface area contributed by atoms with E-state index in [0.717, 1.165) is 5.56 Å². The minimum atomic E-state index is -3.85. The van der Waals surface area contributed by atoms with E-state index < -0.39 is 22.0 Å². The number of aliphatic carboxylic acids is 1. The Labute approximate surface area is 113 Å². The lowest BCUT2D eigenvalue weighted by Gasteiger charge is -2.24. The van der Waals surface area contributed by atoms with Crippen molar-refractivity contribution in [3.8, 4) is 0 Å². The van der Waals surface area contributed by atoms with Gasteiger partial charge in [0.05, 0.1) is 16.9 Å². The molecule has 0 aliphatic rings. The second-order valence-corrected chi connectivity index (χ2v) is 6.33. The third-order valence-corrected chi connectivity index (χ3v) is 4.54. The predicted molar refractivity (Wildman–Crippen MR) is 69.8 cm³/mol. The Kier molecular flexibility index (Phi) is 5.08. The summed E-state index contributed by atoms with van der Waals surface area (Å²) in [5.74, 6) is -1.75. The third-order valence-electron chi connectivity index (χ3n) is 3.08. The van der Waals surface area contributed by atoms with Crippen molar-refractivity contribution in [3.63, 3.8) is 0 Å². The van der Waals surface area contributed by atoms with Crippen molar-refractivity contribution in [2.24, 2.45) is 5.92 Å². The number of nitrogens with one attached hydrogen (secondary N) is 1. The van der Waals surface area contributed by atoms with Gasteiger partial charge in [0, 0.05) is 0 Å². The molecule has 1 aromatic rings. The van der Waals surface area contributed by atoms with Gasteiger partial charge in [-0.15, -0.1) is 0 Å². The topological polar surface area (TPSA) is 86.3 Å². The van der Waals surface area contributed by atoms with E-state index >= 15 is 0 Å². The van der Waals surface area contributed by atoms with Crippen LogP contribution in [0.3, 0.4) is 0 Å². The molecule has 106 valence electrons. The van der Waals surface area contributed by atoms with E-state index in [1.165, 1.54) is 12.1 Å². The first-order valence-corrected chi connectivity index (χ1v) is 7.56. The summed E-state index contributed by atoms with van der Waals surface area (Å²) in [6, 6.07) is 4.98. The molecule has 0 radical (unpaired) electrons. The Bertz CT molecular complexity index is 536. The SMILES string of the molecule is CC[C@@H](C)[C@@H](NS(=O)(=O)c1ccc(C)cc1)C(=O)[O-]. The molecule has 0 aliphatic heterocycles. The van der Waals surface area contributed by atoms with E-state index in [1.807, 2.05) is 6.92 Å². The molecule has 5 nitrogen and oxygen atoms in total. The van der Waals surface area contributed by atoms with Crippen LogP contribution in [-0.2, 0) is 14.8 Å². The van der Waals surface area contributed by atoms with Crippen LogP contribution in [0.15, 0.2) is 29.2 Å². The van der Waals surface area contributed by atoms with Crippen LogP contribution < -0.4 is 9.83 Å². The standard InChI is InChI=1S/C13H19NO4S/c1-4-10(3)12(13(15)16)14-19(17,18)11-7-5-9(2)6-8-11/h5-8,10,12,14H,4H2,1-3H3,(H,15,16)/p-1/t10-,12-/m1/s1. The average molecular weight is 284 g/mol. The largest absolute Gasteiger partial charge is 0.548 e. The summed E-state index contributed by atoms with van der Waals surface area (Å²) in [5.41, 5.74) is 0.928. The Morgan fingerprint density at radius 1 is 1.32 bits per heavy atom. The van der Waals surface area contributed by atoms with Crippen molar-refractivity contribution in [1.29, 1.82) is 0 Å². The van der Waals surface area contributed by atoms with Gasteiger partial charge < -0.3 is 9.90 Å². The van der Waals surface area contributed by atoms with Crippen LogP contribution in [0.1, 0.15) is 25.8 Å². The molecule has 0 unspecified atom stereocenters. The smallest absolute Gasteiger partial charge is 0.241 e. The molecule has 19 heavy (non-hydrogen) atoms. The van der Waals surface area contributed by atoms with Crippen LogP contribution in [0.2, 0.25) is 0 Å². The van der Waals surface area contributed by atoms with Gasteiger partial charge in [-0.05, 0) is 25.0 Å². The first-order valence-electron chi connectivity index (χ1n) is 6.07. The number of hydrogen-bond donors (Lipinski definition) is 1. The second-order valence-electron chi connectivity index (χ2n) is 4.62. The van der Waals surface area contributed by atoms with Gasteiger partial charge in [-0.3, -0.25) is 0 Å². The number of sulfonamides is 1. The van der Waals surface area contributed by atoms with Crippen molar-refractivity contribution < 1.29 is 18.3 Å². The van der Waals surface area contributed by atoms with E-state index in [4.69, 9.17) is 0 Å². The molecule has 0 amide bonds. The highest BCUT2D eigenvalue weighted by Gasteiger charge is 2.24. The maximum Gasteiger partial charge on any atom is 0.241 e. The first kappa shape index (κ1) is 15.7. The number of carbonyl (C=O) groups excluding carboxylic acids is 1. The van der Waals surface area contributed by atoms with Crippen molar-refractivity contribution in [2.45, 2.75) is 38.1 Å². The number of benzene rings is 1. The van der Waals surface area contributed by atoms with E-state index in [0.29, 0.717) is 6.42 Å². The van der Waals surface area contributed by atoms with Crippen LogP contribution in [-0.4, -0.2) is 20.4 Å². The zero-order valence-corrected chi connectivity index (χ0v) is 12.0. The molecule has 0 aliphatic carbocycles. The Morgan fingerprint density at radius 3 is 2.26 bits per heavy atom. The highest BCUT2D eigenvalue weighted by Crippen LogP contribution is 2.14. The highest BCUT2D eigenvalue weighted by atomic mass is 32.2. The van der Waals surface area contributed by atoms with Gasteiger partial charge in [-0.1, -0.05) is 38.0 Å². The molecule has 6 heteroatoms. The molecule has 0 saturated carbocycles. The minimum Gasteiger partial charge on any atom is -0.548 e. The molecule has 0 bridgehead atoms. The van der Waals surface area contributed by atoms with Gasteiger partial charge in [0.1, 0.15) is 0 Å². The molecule has 0 spiro atoms. The number of carbonyl (C=O) groups is 1. The van der Waals surface area contributed by atoms with Crippen LogP contribution in [0.25, 0.3) is 0 Å². The van der Waals surface area contributed by atoms with Gasteiger partial charge in [-0.25, -0.2) is 13.1 Å². The van der Waals surface area contributed by atoms with Gasteiger partial charge in [0.15, 0.2) is 0 Å². The molecule has 0 heterocycles. The molecular formula is C13H18NO4S-. The van der Waals surface area contributed by atoms with Crippen LogP contribution in [0, 0.1) is 12.8 Å². The highest BCUT2D eigenvalue weighted by molar-refractivity contribution is 7.89. The number of rotatable bonds is 6. The monoisotopic (exact) mass is 284 g/mol. The quantitative estimate of drug-likeness (QED) is 0.821. The molecule has 0 aromatic heterocycles. The van der Waals surface area contributed by atoms with E-state index in [1.54, 1.807) is 26.0 Å². The summed E-state index contributed by atoms with van der Waals surface area (Å²) in [6.45, 7) is 5.30. The summed E-state index contributed by atoms with van der Waals surface area (Å²) in [6.07, 6.45) is 0.537. The normalized spacial score (nSPS) is 14.9. The number of carboxylic acid groups (broad SMARTS) is 1. The minimum absolute atomic E-state index is 0.0488. The van der Waals surface area contributed by atoms with Crippen molar-refractivity contribution >= 4 is 16.0 Å². The summed E-state index contributed by atoms with van der Waals surface area (Å²) in [4.78, 5) is 11.1. The fourth-order valence-electron chi connectivity index (χ4n) is 1.58. The Hall–Kier alpha value is -1.40. The van der Waals surface area contributed by atoms with Crippen molar-refractivity contribution in [3.05, 3.63) is 29.8 Å². The molecule has 0 fully saturated rings. The number of hydrogen-bond acceptors (Lipinski definition) is 4. The summed E-state index contributed by atoms with van der Waals surface area (Å²) < 4.78 is 26.3. The summed E-state index contributed by atoms with van der Waals surface area (Å²) in [7, 11) is -3.85. The lowest BCUT2D eigenvalue weighted by atomic mass is 10.0. The van der Waals surface area contributed by atoms with Gasteiger partial charge in [-0.2, -0.15) is 0 Å². The molecule has 1 aromatic carbocycles. The fourth-order valence-corrected chi connectivity index (χ4v) is 2.88. The fraction of sp³-hybridized carbons (Fsp3) is 0.462. The van der Waals surface area contributed by atoms with Gasteiger partial charge >= 0.3 is 0 Å². The van der Waals surface area contributed by atoms with Gasteiger partial charge in [0.2, 0.25) is 10.0 Å². The maximum absolute atomic E-state index is 12.1. The van der Waals surface area contributed by atoms with Crippen LogP contribution in [0.5, 0.6) is 0 Å². The number of carboxylic acids is 1. The van der Waals surface area contributed by atoms with Gasteiger partial charge in [0.25, 0.3) is 0 Å². The van der Waals surface area contributed by atoms with Crippen molar-refractivity contribution in [1.82, 2.24) is 4.72 Å². The summed E-state index contributed by atoms with van der Waals surface area (Å²) in [5, 5.41) is 11.0. The molecule has 1 N–H and O–H groups in total. The zero-order chi connectivity index (χ0) is 14.6. The van der Waals surface area contributed by atoms with E-state index in [2.05, 4.69) is 4.72 Å². The maximum atomic E-state index is 12.1. The lowest BCUT2D eigenvalue weighted by molar-refractivity contribution is -0.309. The average Bonchev–Trinajstić information content (AvgIpc) is 2.35. The van der Waals surface area contributed by atoms with Crippen LogP contribution in [0.4, 0.5) is 0 Å². The number of aryl methyl sites for hydroxylation is 1. The molecular weight excluding hydrogens is 266 g/mol. The zero-order valence-electron chi connectivity index (χ0n) is 11.2. The summed E-state index contributed by atoms with van der Waals surface area (Å²) >= 11 is 0. The third kappa shape index (κ3) is 4.04. The first-order chi connectivity index (χ1) is 8.77. The Morgan fingerprint density at radius 2 is 1.84 bits per heavy atom. The molecule has 2 atom stereocenters. The lowest BCUT2D eigenvalue weighted by Crippen LogP contribution is -2.51. The molecule has 0 saturated heterocycles. The predicted octanol–water partition coefficient (Wildman–Crippen LogP) is 0.438. The second kappa shape index (κ2) is 6.16. The molecule has 1 rings (SSSR count). The Balaban J connectivity index is 3.00. The van der Waals surface area contributed by atoms with Crippen LogP contribution >= 0.6 is 0 Å². The van der Waals surface area contributed by atoms with E-state index in [-0.39, 0.29) is 10.8 Å². The van der Waals surface area contributed by atoms with Crippen molar-refractivity contribution in [2.75, 3.05) is 0 Å². The van der Waals surface area contributed by atoms with E-state index in [9.17, 15) is 18.3 Å².